The van der Waals surface area contributed by atoms with Crippen molar-refractivity contribution in [3.63, 3.8) is 0 Å². The number of hydrogen-bond donors (Lipinski definition) is 1. The SMILES string of the molecule is O=C(CN1CCN(S(=O)(=O)c2c(Cl)cccc2Cl)CC1)NC1CCCCC1. The number of piperazine rings is 1. The maximum atomic E-state index is 12.9. The molecule has 1 amide bonds. The summed E-state index contributed by atoms with van der Waals surface area (Å²) in [7, 11) is -3.76. The minimum Gasteiger partial charge on any atom is -0.352 e. The molecule has 0 aromatic heterocycles. The third-order valence-corrected chi connectivity index (χ3v) is 8.04. The maximum Gasteiger partial charge on any atom is 0.246 e. The van der Waals surface area contributed by atoms with Gasteiger partial charge in [-0.3, -0.25) is 9.69 Å². The van der Waals surface area contributed by atoms with Crippen molar-refractivity contribution < 1.29 is 13.2 Å². The summed E-state index contributed by atoms with van der Waals surface area (Å²) in [5, 5.41) is 3.35. The molecule has 1 saturated carbocycles. The highest BCUT2D eigenvalue weighted by Crippen LogP contribution is 2.31. The van der Waals surface area contributed by atoms with E-state index in [2.05, 4.69) is 5.32 Å². The fraction of sp³-hybridized carbons (Fsp3) is 0.611. The summed E-state index contributed by atoms with van der Waals surface area (Å²) in [6, 6.07) is 4.94. The summed E-state index contributed by atoms with van der Waals surface area (Å²) in [5.41, 5.74) is 0. The van der Waals surface area contributed by atoms with Gasteiger partial charge in [-0.05, 0) is 25.0 Å². The molecular formula is C18H25Cl2N3O3S. The number of hydrogen-bond acceptors (Lipinski definition) is 4. The lowest BCUT2D eigenvalue weighted by Gasteiger charge is -2.34. The minimum atomic E-state index is -3.76. The van der Waals surface area contributed by atoms with Crippen LogP contribution in [0, 0.1) is 0 Å². The van der Waals surface area contributed by atoms with Crippen molar-refractivity contribution in [3.8, 4) is 0 Å². The second-order valence-electron chi connectivity index (χ2n) is 7.13. The van der Waals surface area contributed by atoms with Gasteiger partial charge in [0.15, 0.2) is 0 Å². The first-order chi connectivity index (χ1) is 12.9. The third kappa shape index (κ3) is 5.15. The molecular weight excluding hydrogens is 409 g/mol. The van der Waals surface area contributed by atoms with Gasteiger partial charge >= 0.3 is 0 Å². The van der Waals surface area contributed by atoms with E-state index in [0.717, 1.165) is 12.8 Å². The largest absolute Gasteiger partial charge is 0.352 e. The average molecular weight is 434 g/mol. The molecule has 1 aliphatic heterocycles. The monoisotopic (exact) mass is 433 g/mol. The quantitative estimate of drug-likeness (QED) is 0.774. The van der Waals surface area contributed by atoms with Gasteiger partial charge in [-0.2, -0.15) is 4.31 Å². The Kier molecular flexibility index (Phi) is 7.03. The molecule has 9 heteroatoms. The summed E-state index contributed by atoms with van der Waals surface area (Å²) >= 11 is 12.1. The van der Waals surface area contributed by atoms with Crippen molar-refractivity contribution in [3.05, 3.63) is 28.2 Å². The number of benzene rings is 1. The lowest BCUT2D eigenvalue weighted by molar-refractivity contribution is -0.123. The van der Waals surface area contributed by atoms with Gasteiger partial charge in [0.05, 0.1) is 16.6 Å². The zero-order valence-corrected chi connectivity index (χ0v) is 17.5. The van der Waals surface area contributed by atoms with Crippen LogP contribution in [0.3, 0.4) is 0 Å². The molecule has 1 aromatic rings. The predicted octanol–water partition coefficient (Wildman–Crippen LogP) is 2.75. The molecule has 0 spiro atoms. The Morgan fingerprint density at radius 3 is 2.22 bits per heavy atom. The van der Waals surface area contributed by atoms with Crippen LogP contribution in [0.1, 0.15) is 32.1 Å². The molecule has 1 heterocycles. The van der Waals surface area contributed by atoms with Crippen molar-refractivity contribution in [2.45, 2.75) is 43.0 Å². The molecule has 1 N–H and O–H groups in total. The van der Waals surface area contributed by atoms with Gasteiger partial charge in [0.25, 0.3) is 0 Å². The first-order valence-corrected chi connectivity index (χ1v) is 11.5. The van der Waals surface area contributed by atoms with Gasteiger partial charge < -0.3 is 5.32 Å². The molecule has 3 rings (SSSR count). The standard InChI is InChI=1S/C18H25Cl2N3O3S/c19-15-7-4-8-16(20)18(15)27(25,26)23-11-9-22(10-12-23)13-17(24)21-14-5-2-1-3-6-14/h4,7-8,14H,1-3,5-6,9-13H2,(H,21,24). The first kappa shape index (κ1) is 20.9. The maximum absolute atomic E-state index is 12.9. The molecule has 0 atom stereocenters. The van der Waals surface area contributed by atoms with E-state index in [0.29, 0.717) is 32.7 Å². The number of amides is 1. The first-order valence-electron chi connectivity index (χ1n) is 9.34. The number of carbonyl (C=O) groups excluding carboxylic acids is 1. The van der Waals surface area contributed by atoms with Crippen LogP contribution in [-0.2, 0) is 14.8 Å². The minimum absolute atomic E-state index is 0.0207. The van der Waals surface area contributed by atoms with E-state index in [1.165, 1.54) is 35.7 Å². The third-order valence-electron chi connectivity index (χ3n) is 5.19. The summed E-state index contributed by atoms with van der Waals surface area (Å²) < 4.78 is 27.1. The van der Waals surface area contributed by atoms with Crippen LogP contribution in [0.15, 0.2) is 23.1 Å². The Balaban J connectivity index is 1.54. The van der Waals surface area contributed by atoms with E-state index in [-0.39, 0.29) is 26.9 Å². The second-order valence-corrected chi connectivity index (χ2v) is 9.82. The summed E-state index contributed by atoms with van der Waals surface area (Å²) in [6.45, 7) is 1.91. The average Bonchev–Trinajstić information content (AvgIpc) is 2.62. The van der Waals surface area contributed by atoms with E-state index in [1.807, 2.05) is 4.90 Å². The predicted molar refractivity (Wildman–Crippen MR) is 107 cm³/mol. The van der Waals surface area contributed by atoms with Gasteiger partial charge in [-0.15, -0.1) is 0 Å². The fourth-order valence-electron chi connectivity index (χ4n) is 3.71. The van der Waals surface area contributed by atoms with E-state index >= 15 is 0 Å². The smallest absolute Gasteiger partial charge is 0.246 e. The van der Waals surface area contributed by atoms with Crippen LogP contribution in [0.4, 0.5) is 0 Å². The molecule has 0 unspecified atom stereocenters. The van der Waals surface area contributed by atoms with Crippen molar-refractivity contribution in [1.29, 1.82) is 0 Å². The van der Waals surface area contributed by atoms with Crippen LogP contribution < -0.4 is 5.32 Å². The van der Waals surface area contributed by atoms with Crippen LogP contribution in [0.25, 0.3) is 0 Å². The van der Waals surface area contributed by atoms with Gasteiger partial charge in [-0.25, -0.2) is 8.42 Å². The van der Waals surface area contributed by atoms with Gasteiger partial charge in [0.1, 0.15) is 4.90 Å². The lowest BCUT2D eigenvalue weighted by Crippen LogP contribution is -2.52. The van der Waals surface area contributed by atoms with E-state index < -0.39 is 10.0 Å². The van der Waals surface area contributed by atoms with Crippen LogP contribution in [0.2, 0.25) is 10.0 Å². The molecule has 27 heavy (non-hydrogen) atoms. The number of sulfonamides is 1. The van der Waals surface area contributed by atoms with Crippen LogP contribution >= 0.6 is 23.2 Å². The van der Waals surface area contributed by atoms with E-state index in [4.69, 9.17) is 23.2 Å². The highest BCUT2D eigenvalue weighted by atomic mass is 35.5. The molecule has 150 valence electrons. The van der Waals surface area contributed by atoms with Gasteiger partial charge in [0.2, 0.25) is 15.9 Å². The van der Waals surface area contributed by atoms with Crippen molar-refractivity contribution >= 4 is 39.1 Å². The van der Waals surface area contributed by atoms with Crippen molar-refractivity contribution in [1.82, 2.24) is 14.5 Å². The summed E-state index contributed by atoms with van der Waals surface area (Å²) in [5.74, 6) is 0.0207. The molecule has 6 nitrogen and oxygen atoms in total. The second kappa shape index (κ2) is 9.09. The van der Waals surface area contributed by atoms with E-state index in [9.17, 15) is 13.2 Å². The summed E-state index contributed by atoms with van der Waals surface area (Å²) in [6.07, 6.45) is 5.70. The fourth-order valence-corrected chi connectivity index (χ4v) is 6.22. The van der Waals surface area contributed by atoms with Crippen LogP contribution in [-0.4, -0.2) is 62.3 Å². The molecule has 1 saturated heterocycles. The van der Waals surface area contributed by atoms with Crippen molar-refractivity contribution in [2.75, 3.05) is 32.7 Å². The molecule has 0 radical (unpaired) electrons. The lowest BCUT2D eigenvalue weighted by atomic mass is 9.95. The zero-order valence-electron chi connectivity index (χ0n) is 15.2. The molecule has 1 aromatic carbocycles. The molecule has 2 aliphatic rings. The zero-order chi connectivity index (χ0) is 19.4. The normalized spacial score (nSPS) is 20.5. The number of rotatable bonds is 5. The molecule has 1 aliphatic carbocycles. The number of halogens is 2. The van der Waals surface area contributed by atoms with Gasteiger partial charge in [-0.1, -0.05) is 48.5 Å². The Morgan fingerprint density at radius 1 is 1.04 bits per heavy atom. The number of nitrogens with one attached hydrogen (secondary N) is 1. The molecule has 0 bridgehead atoms. The Hall–Kier alpha value is -0.860. The Bertz CT molecular complexity index is 754. The van der Waals surface area contributed by atoms with Gasteiger partial charge in [0, 0.05) is 32.2 Å². The number of nitrogens with zero attached hydrogens (tertiary/aromatic N) is 2. The highest BCUT2D eigenvalue weighted by Gasteiger charge is 2.32. The Morgan fingerprint density at radius 2 is 1.63 bits per heavy atom. The topological polar surface area (TPSA) is 69.7 Å². The van der Waals surface area contributed by atoms with Crippen molar-refractivity contribution in [2.24, 2.45) is 0 Å². The van der Waals surface area contributed by atoms with E-state index in [1.54, 1.807) is 6.07 Å². The Labute approximate surface area is 170 Å². The highest BCUT2D eigenvalue weighted by molar-refractivity contribution is 7.89. The molecule has 2 fully saturated rings. The summed E-state index contributed by atoms with van der Waals surface area (Å²) in [4.78, 5) is 14.2. The number of carbonyl (C=O) groups is 1. The van der Waals surface area contributed by atoms with Crippen LogP contribution in [0.5, 0.6) is 0 Å².